The lowest BCUT2D eigenvalue weighted by Crippen LogP contribution is -2.42. The minimum atomic E-state index is -0.436. The molecule has 0 spiro atoms. The third-order valence-corrected chi connectivity index (χ3v) is 3.56. The van der Waals surface area contributed by atoms with Crippen LogP contribution in [0.2, 0.25) is 0 Å². The van der Waals surface area contributed by atoms with E-state index in [0.717, 1.165) is 0 Å². The predicted molar refractivity (Wildman–Crippen MR) is 69.4 cm³/mol. The molecule has 0 bridgehead atoms. The Morgan fingerprint density at radius 2 is 2.20 bits per heavy atom. The molecule has 1 N–H and O–H groups in total. The van der Waals surface area contributed by atoms with Gasteiger partial charge in [0.05, 0.1) is 39.0 Å². The van der Waals surface area contributed by atoms with E-state index < -0.39 is 6.17 Å². The Kier molecular flexibility index (Phi) is 3.95. The van der Waals surface area contributed by atoms with E-state index >= 15 is 0 Å². The monoisotopic (exact) mass is 280 g/mol. The van der Waals surface area contributed by atoms with E-state index in [1.807, 2.05) is 0 Å². The van der Waals surface area contributed by atoms with Gasteiger partial charge in [-0.3, -0.25) is 10.1 Å². The Labute approximate surface area is 116 Å². The van der Waals surface area contributed by atoms with Gasteiger partial charge in [-0.1, -0.05) is 18.2 Å². The predicted octanol–water partition coefficient (Wildman–Crippen LogP) is 0.672. The fourth-order valence-corrected chi connectivity index (χ4v) is 2.58. The van der Waals surface area contributed by atoms with Crippen molar-refractivity contribution >= 4 is 5.91 Å². The maximum atomic E-state index is 13.9. The Balaban J connectivity index is 1.76. The SMILES string of the molecule is O=C1CNC(c2ccccc2F)N1CC1COCCO1. The van der Waals surface area contributed by atoms with Gasteiger partial charge >= 0.3 is 0 Å². The number of carbonyl (C=O) groups is 1. The lowest BCUT2D eigenvalue weighted by molar-refractivity contribution is -0.135. The van der Waals surface area contributed by atoms with Crippen molar-refractivity contribution in [3.63, 3.8) is 0 Å². The Bertz CT molecular complexity index is 491. The van der Waals surface area contributed by atoms with Crippen molar-refractivity contribution in [1.29, 1.82) is 0 Å². The highest BCUT2D eigenvalue weighted by atomic mass is 19.1. The molecule has 3 rings (SSSR count). The zero-order valence-electron chi connectivity index (χ0n) is 11.0. The van der Waals surface area contributed by atoms with Gasteiger partial charge in [-0.05, 0) is 6.07 Å². The van der Waals surface area contributed by atoms with Crippen LogP contribution in [0, 0.1) is 5.82 Å². The second-order valence-corrected chi connectivity index (χ2v) is 4.92. The molecule has 5 nitrogen and oxygen atoms in total. The van der Waals surface area contributed by atoms with Gasteiger partial charge in [-0.25, -0.2) is 4.39 Å². The first-order valence-electron chi connectivity index (χ1n) is 6.72. The highest BCUT2D eigenvalue weighted by Gasteiger charge is 2.35. The molecule has 1 aromatic carbocycles. The van der Waals surface area contributed by atoms with Crippen LogP contribution >= 0.6 is 0 Å². The summed E-state index contributed by atoms with van der Waals surface area (Å²) in [6, 6.07) is 6.49. The molecule has 0 radical (unpaired) electrons. The van der Waals surface area contributed by atoms with E-state index in [1.54, 1.807) is 23.1 Å². The van der Waals surface area contributed by atoms with Crippen LogP contribution in [0.5, 0.6) is 0 Å². The number of amides is 1. The lowest BCUT2D eigenvalue weighted by Gasteiger charge is -2.31. The first-order chi connectivity index (χ1) is 9.75. The zero-order chi connectivity index (χ0) is 13.9. The van der Waals surface area contributed by atoms with Gasteiger partial charge in [0.1, 0.15) is 12.0 Å². The molecule has 2 unspecified atom stereocenters. The van der Waals surface area contributed by atoms with E-state index in [1.165, 1.54) is 6.07 Å². The number of carbonyl (C=O) groups excluding carboxylic acids is 1. The molecule has 0 aromatic heterocycles. The molecule has 20 heavy (non-hydrogen) atoms. The molecule has 2 saturated heterocycles. The largest absolute Gasteiger partial charge is 0.376 e. The van der Waals surface area contributed by atoms with E-state index in [0.29, 0.717) is 31.9 Å². The van der Waals surface area contributed by atoms with Crippen LogP contribution in [0.1, 0.15) is 11.7 Å². The summed E-state index contributed by atoms with van der Waals surface area (Å²) in [5, 5.41) is 3.04. The van der Waals surface area contributed by atoms with Gasteiger partial charge in [0.25, 0.3) is 0 Å². The summed E-state index contributed by atoms with van der Waals surface area (Å²) in [6.07, 6.45) is -0.587. The van der Waals surface area contributed by atoms with Gasteiger partial charge in [-0.2, -0.15) is 0 Å². The molecule has 108 valence electrons. The van der Waals surface area contributed by atoms with Crippen molar-refractivity contribution in [1.82, 2.24) is 10.2 Å². The summed E-state index contributed by atoms with van der Waals surface area (Å²) < 4.78 is 24.8. The third-order valence-electron chi connectivity index (χ3n) is 3.56. The maximum Gasteiger partial charge on any atom is 0.238 e. The highest BCUT2D eigenvalue weighted by Crippen LogP contribution is 2.25. The van der Waals surface area contributed by atoms with Gasteiger partial charge in [0.2, 0.25) is 5.91 Å². The molecular weight excluding hydrogens is 263 g/mol. The van der Waals surface area contributed by atoms with Crippen molar-refractivity contribution < 1.29 is 18.7 Å². The van der Waals surface area contributed by atoms with Gasteiger partial charge in [0, 0.05) is 5.56 Å². The highest BCUT2D eigenvalue weighted by molar-refractivity contribution is 5.81. The molecule has 2 fully saturated rings. The van der Waals surface area contributed by atoms with Crippen LogP contribution < -0.4 is 5.32 Å². The summed E-state index contributed by atoms with van der Waals surface area (Å²) in [7, 11) is 0. The van der Waals surface area contributed by atoms with Crippen LogP contribution in [0.25, 0.3) is 0 Å². The second kappa shape index (κ2) is 5.87. The number of rotatable bonds is 3. The molecule has 2 atom stereocenters. The number of benzene rings is 1. The van der Waals surface area contributed by atoms with E-state index in [2.05, 4.69) is 5.32 Å². The van der Waals surface area contributed by atoms with Gasteiger partial charge < -0.3 is 14.4 Å². The normalized spacial score (nSPS) is 27.1. The number of ether oxygens (including phenoxy) is 2. The van der Waals surface area contributed by atoms with E-state index in [4.69, 9.17) is 9.47 Å². The molecule has 2 aliphatic heterocycles. The first-order valence-corrected chi connectivity index (χ1v) is 6.72. The summed E-state index contributed by atoms with van der Waals surface area (Å²) in [6.45, 7) is 2.20. The number of hydrogen-bond donors (Lipinski definition) is 1. The van der Waals surface area contributed by atoms with Crippen molar-refractivity contribution in [3.8, 4) is 0 Å². The van der Waals surface area contributed by atoms with Gasteiger partial charge in [-0.15, -0.1) is 0 Å². The number of halogens is 1. The van der Waals surface area contributed by atoms with Crippen LogP contribution in [0.4, 0.5) is 4.39 Å². The minimum Gasteiger partial charge on any atom is -0.376 e. The molecular formula is C14H17FN2O3. The molecule has 2 aliphatic rings. The molecule has 2 heterocycles. The van der Waals surface area contributed by atoms with Crippen molar-refractivity contribution in [3.05, 3.63) is 35.6 Å². The average Bonchev–Trinajstić information content (AvgIpc) is 2.82. The molecule has 6 heteroatoms. The quantitative estimate of drug-likeness (QED) is 0.884. The lowest BCUT2D eigenvalue weighted by atomic mass is 10.1. The average molecular weight is 280 g/mol. The van der Waals surface area contributed by atoms with E-state index in [-0.39, 0.29) is 24.4 Å². The van der Waals surface area contributed by atoms with Crippen LogP contribution in [0.3, 0.4) is 0 Å². The molecule has 1 amide bonds. The van der Waals surface area contributed by atoms with Crippen molar-refractivity contribution in [2.24, 2.45) is 0 Å². The first kappa shape index (κ1) is 13.5. The van der Waals surface area contributed by atoms with Gasteiger partial charge in [0.15, 0.2) is 0 Å². The Hall–Kier alpha value is -1.50. The fraction of sp³-hybridized carbons (Fsp3) is 0.500. The van der Waals surface area contributed by atoms with Crippen molar-refractivity contribution in [2.75, 3.05) is 32.9 Å². The van der Waals surface area contributed by atoms with Crippen molar-refractivity contribution in [2.45, 2.75) is 12.3 Å². The summed E-state index contributed by atoms with van der Waals surface area (Å²) in [5.74, 6) is -0.363. The fourth-order valence-electron chi connectivity index (χ4n) is 2.58. The topological polar surface area (TPSA) is 50.8 Å². The van der Waals surface area contributed by atoms with Crippen LogP contribution in [0.15, 0.2) is 24.3 Å². The molecule has 0 aliphatic carbocycles. The Morgan fingerprint density at radius 1 is 1.35 bits per heavy atom. The van der Waals surface area contributed by atoms with Crippen LogP contribution in [-0.4, -0.2) is 49.8 Å². The Morgan fingerprint density at radius 3 is 2.95 bits per heavy atom. The maximum absolute atomic E-state index is 13.9. The second-order valence-electron chi connectivity index (χ2n) is 4.92. The number of hydrogen-bond acceptors (Lipinski definition) is 4. The number of nitrogens with zero attached hydrogens (tertiary/aromatic N) is 1. The molecule has 1 aromatic rings. The molecule has 0 saturated carbocycles. The zero-order valence-corrected chi connectivity index (χ0v) is 11.0. The smallest absolute Gasteiger partial charge is 0.238 e. The summed E-state index contributed by atoms with van der Waals surface area (Å²) in [5.41, 5.74) is 0.482. The number of nitrogens with one attached hydrogen (secondary N) is 1. The standard InChI is InChI=1S/C14H17FN2O3/c15-12-4-2-1-3-11(12)14-16-7-13(18)17(14)8-10-9-19-5-6-20-10/h1-4,10,14,16H,5-9H2. The summed E-state index contributed by atoms with van der Waals surface area (Å²) in [4.78, 5) is 13.6. The van der Waals surface area contributed by atoms with Crippen LogP contribution in [-0.2, 0) is 14.3 Å². The minimum absolute atomic E-state index is 0.0487. The van der Waals surface area contributed by atoms with E-state index in [9.17, 15) is 9.18 Å². The third kappa shape index (κ3) is 2.67. The summed E-state index contributed by atoms with van der Waals surface area (Å²) >= 11 is 0.